The maximum Gasteiger partial charge on any atom is 0.251 e. The van der Waals surface area contributed by atoms with E-state index in [1.165, 1.54) is 4.90 Å². The zero-order chi connectivity index (χ0) is 15.7. The highest BCUT2D eigenvalue weighted by atomic mass is 35.5. The fourth-order valence-electron chi connectivity index (χ4n) is 3.18. The van der Waals surface area contributed by atoms with Crippen molar-refractivity contribution in [2.45, 2.75) is 19.4 Å². The molecule has 0 aromatic heterocycles. The van der Waals surface area contributed by atoms with Gasteiger partial charge < -0.3 is 4.90 Å². The molecule has 2 amide bonds. The van der Waals surface area contributed by atoms with Gasteiger partial charge in [-0.3, -0.25) is 14.5 Å². The molecule has 2 aliphatic heterocycles. The number of para-hydroxylation sites is 1. The lowest BCUT2D eigenvalue weighted by Gasteiger charge is -2.36. The van der Waals surface area contributed by atoms with E-state index >= 15 is 0 Å². The van der Waals surface area contributed by atoms with Crippen molar-refractivity contribution in [2.24, 2.45) is 0 Å². The van der Waals surface area contributed by atoms with Gasteiger partial charge in [0.1, 0.15) is 0 Å². The van der Waals surface area contributed by atoms with Gasteiger partial charge in [0.2, 0.25) is 5.91 Å². The summed E-state index contributed by atoms with van der Waals surface area (Å²) < 4.78 is 0. The van der Waals surface area contributed by atoms with E-state index < -0.39 is 0 Å². The number of rotatable bonds is 3. The number of hydrogen-bond acceptors (Lipinski definition) is 4. The number of benzene rings is 1. The molecule has 0 bridgehead atoms. The molecular formula is C16H20ClN3O2. The number of imide groups is 1. The molecule has 1 unspecified atom stereocenters. The summed E-state index contributed by atoms with van der Waals surface area (Å²) >= 11 is 6.14. The second kappa shape index (κ2) is 6.36. The summed E-state index contributed by atoms with van der Waals surface area (Å²) in [6.07, 6.45) is 0.246. The van der Waals surface area contributed by atoms with Crippen LogP contribution in [0.5, 0.6) is 0 Å². The molecule has 118 valence electrons. The van der Waals surface area contributed by atoms with Crippen molar-refractivity contribution < 1.29 is 9.59 Å². The number of carbonyl (C=O) groups excluding carboxylic acids is 2. The van der Waals surface area contributed by atoms with Crippen molar-refractivity contribution >= 4 is 29.1 Å². The zero-order valence-electron chi connectivity index (χ0n) is 12.7. The van der Waals surface area contributed by atoms with Gasteiger partial charge in [0.25, 0.3) is 5.91 Å². The van der Waals surface area contributed by atoms with E-state index in [0.29, 0.717) is 10.7 Å². The summed E-state index contributed by atoms with van der Waals surface area (Å²) in [6, 6.07) is 6.65. The maximum absolute atomic E-state index is 12.7. The molecule has 6 heteroatoms. The molecule has 2 aliphatic rings. The lowest BCUT2D eigenvalue weighted by molar-refractivity contribution is -0.123. The quantitative estimate of drug-likeness (QED) is 0.793. The van der Waals surface area contributed by atoms with Gasteiger partial charge in [-0.05, 0) is 18.7 Å². The highest BCUT2D eigenvalue weighted by Crippen LogP contribution is 2.31. The largest absolute Gasteiger partial charge is 0.301 e. The summed E-state index contributed by atoms with van der Waals surface area (Å²) in [5.74, 6) is -0.316. The third kappa shape index (κ3) is 2.76. The van der Waals surface area contributed by atoms with Crippen LogP contribution >= 0.6 is 11.6 Å². The number of likely N-dealkylation sites (N-methyl/N-ethyl adjacent to an activating group) is 1. The van der Waals surface area contributed by atoms with Crippen molar-refractivity contribution in [3.63, 3.8) is 0 Å². The topological polar surface area (TPSA) is 43.9 Å². The van der Waals surface area contributed by atoms with Crippen molar-refractivity contribution in [2.75, 3.05) is 37.6 Å². The molecule has 0 aliphatic carbocycles. The number of hydrogen-bond donors (Lipinski definition) is 0. The molecule has 1 aromatic rings. The Labute approximate surface area is 135 Å². The Bertz CT molecular complexity index is 585. The normalized spacial score (nSPS) is 24.3. The summed E-state index contributed by atoms with van der Waals surface area (Å²) in [4.78, 5) is 30.8. The van der Waals surface area contributed by atoms with E-state index in [9.17, 15) is 9.59 Å². The van der Waals surface area contributed by atoms with Crippen LogP contribution in [-0.4, -0.2) is 60.4 Å². The molecule has 1 atom stereocenters. The van der Waals surface area contributed by atoms with Gasteiger partial charge in [0, 0.05) is 26.2 Å². The molecule has 22 heavy (non-hydrogen) atoms. The summed E-state index contributed by atoms with van der Waals surface area (Å²) in [5, 5.41) is 0.431. The van der Waals surface area contributed by atoms with Gasteiger partial charge in [-0.15, -0.1) is 0 Å². The molecule has 5 nitrogen and oxygen atoms in total. The lowest BCUT2D eigenvalue weighted by atomic mass is 10.1. The first-order valence-electron chi connectivity index (χ1n) is 7.69. The Hall–Kier alpha value is -1.43. The summed E-state index contributed by atoms with van der Waals surface area (Å²) in [5.41, 5.74) is 0.494. The fraction of sp³-hybridized carbons (Fsp3) is 0.500. The average Bonchev–Trinajstić information content (AvgIpc) is 2.83. The molecule has 0 spiro atoms. The third-order valence-corrected chi connectivity index (χ3v) is 4.83. The standard InChI is InChI=1S/C16H20ClN3O2/c1-2-18-7-9-19(10-8-18)14-11-15(21)20(16(14)22)13-6-4-3-5-12(13)17/h3-6,14H,2,7-11H2,1H3. The fourth-order valence-corrected chi connectivity index (χ4v) is 3.40. The first kappa shape index (κ1) is 15.5. The van der Waals surface area contributed by atoms with Gasteiger partial charge in [0.05, 0.1) is 23.2 Å². The zero-order valence-corrected chi connectivity index (χ0v) is 13.4. The highest BCUT2D eigenvalue weighted by Gasteiger charge is 2.43. The first-order valence-corrected chi connectivity index (χ1v) is 8.07. The molecule has 2 heterocycles. The maximum atomic E-state index is 12.7. The van der Waals surface area contributed by atoms with E-state index in [-0.39, 0.29) is 24.3 Å². The van der Waals surface area contributed by atoms with Crippen LogP contribution in [0, 0.1) is 0 Å². The van der Waals surface area contributed by atoms with E-state index in [0.717, 1.165) is 32.7 Å². The molecule has 2 saturated heterocycles. The van der Waals surface area contributed by atoms with Crippen molar-refractivity contribution in [3.8, 4) is 0 Å². The molecule has 0 radical (unpaired) electrons. The Morgan fingerprint density at radius 1 is 1.14 bits per heavy atom. The second-order valence-electron chi connectivity index (χ2n) is 5.71. The van der Waals surface area contributed by atoms with Gasteiger partial charge in [-0.2, -0.15) is 0 Å². The summed E-state index contributed by atoms with van der Waals surface area (Å²) in [6.45, 7) is 6.71. The number of halogens is 1. The molecule has 0 saturated carbocycles. The smallest absolute Gasteiger partial charge is 0.251 e. The van der Waals surface area contributed by atoms with E-state index in [1.807, 2.05) is 0 Å². The van der Waals surface area contributed by atoms with Crippen LogP contribution in [0.1, 0.15) is 13.3 Å². The minimum Gasteiger partial charge on any atom is -0.301 e. The molecule has 2 fully saturated rings. The van der Waals surface area contributed by atoms with Gasteiger partial charge in [-0.1, -0.05) is 30.7 Å². The Morgan fingerprint density at radius 3 is 2.45 bits per heavy atom. The number of amides is 2. The van der Waals surface area contributed by atoms with Crippen molar-refractivity contribution in [1.82, 2.24) is 9.80 Å². The molecular weight excluding hydrogens is 302 g/mol. The first-order chi connectivity index (χ1) is 10.6. The van der Waals surface area contributed by atoms with E-state index in [1.54, 1.807) is 24.3 Å². The minimum atomic E-state index is -0.345. The predicted molar refractivity (Wildman–Crippen MR) is 86.0 cm³/mol. The minimum absolute atomic E-state index is 0.150. The van der Waals surface area contributed by atoms with Gasteiger partial charge in [-0.25, -0.2) is 4.90 Å². The molecule has 0 N–H and O–H groups in total. The number of piperazine rings is 1. The highest BCUT2D eigenvalue weighted by molar-refractivity contribution is 6.36. The second-order valence-corrected chi connectivity index (χ2v) is 6.12. The number of nitrogens with zero attached hydrogens (tertiary/aromatic N) is 3. The SMILES string of the molecule is CCN1CCN(C2CC(=O)N(c3ccccc3Cl)C2=O)CC1. The van der Waals surface area contributed by atoms with Crippen LogP contribution in [-0.2, 0) is 9.59 Å². The third-order valence-electron chi connectivity index (χ3n) is 4.51. The van der Waals surface area contributed by atoms with Gasteiger partial charge in [0.15, 0.2) is 0 Å². The van der Waals surface area contributed by atoms with Crippen molar-refractivity contribution in [3.05, 3.63) is 29.3 Å². The molecule has 3 rings (SSSR count). The van der Waals surface area contributed by atoms with Crippen LogP contribution in [0.15, 0.2) is 24.3 Å². The van der Waals surface area contributed by atoms with E-state index in [2.05, 4.69) is 16.7 Å². The monoisotopic (exact) mass is 321 g/mol. The van der Waals surface area contributed by atoms with E-state index in [4.69, 9.17) is 11.6 Å². The Balaban J connectivity index is 1.76. The van der Waals surface area contributed by atoms with Crippen LogP contribution in [0.2, 0.25) is 5.02 Å². The van der Waals surface area contributed by atoms with Crippen LogP contribution in [0.25, 0.3) is 0 Å². The summed E-state index contributed by atoms with van der Waals surface area (Å²) in [7, 11) is 0. The lowest BCUT2D eigenvalue weighted by Crippen LogP contribution is -2.52. The number of carbonyl (C=O) groups is 2. The average molecular weight is 322 g/mol. The Morgan fingerprint density at radius 2 is 1.82 bits per heavy atom. The Kier molecular flexibility index (Phi) is 4.47. The number of anilines is 1. The van der Waals surface area contributed by atoms with Gasteiger partial charge >= 0.3 is 0 Å². The van der Waals surface area contributed by atoms with Crippen LogP contribution in [0.4, 0.5) is 5.69 Å². The predicted octanol–water partition coefficient (Wildman–Crippen LogP) is 1.61. The van der Waals surface area contributed by atoms with Crippen molar-refractivity contribution in [1.29, 1.82) is 0 Å². The van der Waals surface area contributed by atoms with Crippen LogP contribution in [0.3, 0.4) is 0 Å². The van der Waals surface area contributed by atoms with Crippen LogP contribution < -0.4 is 4.90 Å². The molecule has 1 aromatic carbocycles.